The molecule has 1 N–H and O–H groups in total. The van der Waals surface area contributed by atoms with Crippen LogP contribution in [0.1, 0.15) is 51.7 Å². The van der Waals surface area contributed by atoms with Crippen molar-refractivity contribution in [2.24, 2.45) is 5.41 Å². The number of rotatable bonds is 12. The summed E-state index contributed by atoms with van der Waals surface area (Å²) in [5.74, 6) is -1.24. The number of hydrogen-bond acceptors (Lipinski definition) is 9. The van der Waals surface area contributed by atoms with Crippen molar-refractivity contribution in [1.29, 1.82) is 0 Å². The van der Waals surface area contributed by atoms with Crippen molar-refractivity contribution < 1.29 is 43.2 Å². The molecule has 9 heteroatoms. The highest BCUT2D eigenvalue weighted by molar-refractivity contribution is 5.81. The van der Waals surface area contributed by atoms with Gasteiger partial charge in [0.1, 0.15) is 30.7 Å². The smallest absolute Gasteiger partial charge is 0.311 e. The molecule has 0 aromatic heterocycles. The molecule has 5 atom stereocenters. The van der Waals surface area contributed by atoms with E-state index in [0.29, 0.717) is 0 Å². The van der Waals surface area contributed by atoms with Gasteiger partial charge in [-0.05, 0) is 38.8 Å². The fraction of sp³-hybridized carbons (Fsp3) is 0.500. The normalized spacial score (nSPS) is 23.2. The maximum atomic E-state index is 12.8. The minimum atomic E-state index is -1.56. The van der Waals surface area contributed by atoms with Gasteiger partial charge in [0.2, 0.25) is 0 Å². The van der Waals surface area contributed by atoms with Crippen LogP contribution in [0.3, 0.4) is 0 Å². The van der Waals surface area contributed by atoms with E-state index in [1.807, 2.05) is 60.7 Å². The molecular formula is C30H38O9. The number of aliphatic hydroxyl groups is 1. The van der Waals surface area contributed by atoms with Gasteiger partial charge in [0.25, 0.3) is 0 Å². The zero-order valence-electron chi connectivity index (χ0n) is 22.9. The molecule has 212 valence electrons. The van der Waals surface area contributed by atoms with Crippen molar-refractivity contribution in [1.82, 2.24) is 0 Å². The van der Waals surface area contributed by atoms with Gasteiger partial charge < -0.3 is 33.6 Å². The molecule has 2 aromatic carbocycles. The topological polar surface area (TPSA) is 118 Å². The Bertz CT molecular complexity index is 1060. The summed E-state index contributed by atoms with van der Waals surface area (Å²) in [5.41, 5.74) is 0.909. The number of carbonyl (C=O) groups excluding carboxylic acids is 3. The van der Waals surface area contributed by atoms with E-state index in [9.17, 15) is 19.5 Å². The van der Waals surface area contributed by atoms with Crippen LogP contribution in [0.2, 0.25) is 0 Å². The fourth-order valence-corrected chi connectivity index (χ4v) is 3.91. The fourth-order valence-electron chi connectivity index (χ4n) is 3.91. The van der Waals surface area contributed by atoms with Gasteiger partial charge in [-0.25, -0.2) is 0 Å². The Morgan fingerprint density at radius 1 is 0.821 bits per heavy atom. The summed E-state index contributed by atoms with van der Waals surface area (Å²) in [7, 11) is 0. The lowest BCUT2D eigenvalue weighted by molar-refractivity contribution is -0.309. The molecule has 0 bridgehead atoms. The van der Waals surface area contributed by atoms with Crippen LogP contribution in [0.25, 0.3) is 0 Å². The van der Waals surface area contributed by atoms with Crippen LogP contribution in [-0.2, 0) is 51.3 Å². The van der Waals surface area contributed by atoms with Gasteiger partial charge in [-0.1, -0.05) is 60.7 Å². The first-order valence-corrected chi connectivity index (χ1v) is 13.1. The minimum Gasteiger partial charge on any atom is -0.463 e. The van der Waals surface area contributed by atoms with E-state index >= 15 is 0 Å². The van der Waals surface area contributed by atoms with Crippen LogP contribution in [0.15, 0.2) is 60.7 Å². The second kappa shape index (κ2) is 14.3. The molecule has 0 spiro atoms. The lowest BCUT2D eigenvalue weighted by Gasteiger charge is -2.44. The molecule has 2 aromatic rings. The van der Waals surface area contributed by atoms with Crippen LogP contribution >= 0.6 is 0 Å². The van der Waals surface area contributed by atoms with E-state index in [1.54, 1.807) is 20.8 Å². The summed E-state index contributed by atoms with van der Waals surface area (Å²) in [6.45, 7) is 6.59. The van der Waals surface area contributed by atoms with Crippen molar-refractivity contribution in [2.75, 3.05) is 6.61 Å². The number of benzene rings is 2. The standard InChI is InChI=1S/C30H38O9/c1-20(31)15-16-24(32)35-19-23-25(36-17-21-11-7-5-8-12-21)26(37-18-22-13-9-6-10-14-22)27(28(33)38-23)39-29(34)30(2,3)4/h5-14,23,25-28,33H,15-19H2,1-4H3/t23-,25-,26+,27-,28?/m1/s1. The highest BCUT2D eigenvalue weighted by Gasteiger charge is 2.50. The second-order valence-electron chi connectivity index (χ2n) is 10.6. The largest absolute Gasteiger partial charge is 0.463 e. The lowest BCUT2D eigenvalue weighted by Crippen LogP contribution is -2.62. The third-order valence-electron chi connectivity index (χ3n) is 6.13. The Morgan fingerprint density at radius 2 is 1.36 bits per heavy atom. The number of hydrogen-bond donors (Lipinski definition) is 1. The predicted molar refractivity (Wildman–Crippen MR) is 141 cm³/mol. The van der Waals surface area contributed by atoms with E-state index in [4.69, 9.17) is 23.7 Å². The van der Waals surface area contributed by atoms with E-state index < -0.39 is 48.1 Å². The summed E-state index contributed by atoms with van der Waals surface area (Å²) >= 11 is 0. The Balaban J connectivity index is 1.86. The van der Waals surface area contributed by atoms with Crippen LogP contribution in [-0.4, -0.2) is 60.1 Å². The molecule has 0 amide bonds. The summed E-state index contributed by atoms with van der Waals surface area (Å²) < 4.78 is 29.4. The first kappa shape index (κ1) is 30.4. The molecule has 0 saturated carbocycles. The van der Waals surface area contributed by atoms with Crippen molar-refractivity contribution in [3.63, 3.8) is 0 Å². The maximum Gasteiger partial charge on any atom is 0.311 e. The molecule has 1 aliphatic rings. The Kier molecular flexibility index (Phi) is 11.2. The zero-order valence-corrected chi connectivity index (χ0v) is 22.9. The SMILES string of the molecule is CC(=O)CCC(=O)OC[C@H]1OC(O)[C@H](OC(=O)C(C)(C)C)[C@@H](OCc2ccccc2)[C@@H]1OCc1ccccc1. The highest BCUT2D eigenvalue weighted by atomic mass is 16.7. The van der Waals surface area contributed by atoms with E-state index in [2.05, 4.69) is 0 Å². The lowest BCUT2D eigenvalue weighted by atomic mass is 9.95. The molecule has 0 radical (unpaired) electrons. The van der Waals surface area contributed by atoms with Crippen molar-refractivity contribution >= 4 is 17.7 Å². The summed E-state index contributed by atoms with van der Waals surface area (Å²) in [5, 5.41) is 10.9. The van der Waals surface area contributed by atoms with Crippen LogP contribution < -0.4 is 0 Å². The number of esters is 2. The molecule has 1 fully saturated rings. The Labute approximate surface area is 229 Å². The minimum absolute atomic E-state index is 0.0640. The molecule has 39 heavy (non-hydrogen) atoms. The van der Waals surface area contributed by atoms with Crippen molar-refractivity contribution in [3.8, 4) is 0 Å². The Hall–Kier alpha value is -3.11. The van der Waals surface area contributed by atoms with E-state index in [1.165, 1.54) is 6.92 Å². The van der Waals surface area contributed by atoms with Gasteiger partial charge in [-0.15, -0.1) is 0 Å². The Morgan fingerprint density at radius 3 is 1.87 bits per heavy atom. The monoisotopic (exact) mass is 542 g/mol. The highest BCUT2D eigenvalue weighted by Crippen LogP contribution is 2.31. The van der Waals surface area contributed by atoms with Gasteiger partial charge in [0.15, 0.2) is 12.4 Å². The maximum absolute atomic E-state index is 12.8. The third kappa shape index (κ3) is 9.54. The average molecular weight is 543 g/mol. The van der Waals surface area contributed by atoms with E-state index in [-0.39, 0.29) is 38.4 Å². The van der Waals surface area contributed by atoms with Crippen LogP contribution in [0.4, 0.5) is 0 Å². The van der Waals surface area contributed by atoms with Gasteiger partial charge in [-0.3, -0.25) is 9.59 Å². The summed E-state index contributed by atoms with van der Waals surface area (Å²) in [6.07, 6.45) is -5.54. The third-order valence-corrected chi connectivity index (χ3v) is 6.13. The zero-order chi connectivity index (χ0) is 28.4. The first-order valence-electron chi connectivity index (χ1n) is 13.1. The molecule has 9 nitrogen and oxygen atoms in total. The quantitative estimate of drug-likeness (QED) is 0.400. The molecule has 1 saturated heterocycles. The number of ether oxygens (including phenoxy) is 5. The van der Waals surface area contributed by atoms with E-state index in [0.717, 1.165) is 11.1 Å². The van der Waals surface area contributed by atoms with Gasteiger partial charge in [-0.2, -0.15) is 0 Å². The van der Waals surface area contributed by atoms with Gasteiger partial charge in [0, 0.05) is 6.42 Å². The van der Waals surface area contributed by atoms with Gasteiger partial charge in [0.05, 0.1) is 25.0 Å². The molecule has 1 unspecified atom stereocenters. The van der Waals surface area contributed by atoms with Crippen LogP contribution in [0, 0.1) is 5.41 Å². The predicted octanol–water partition coefficient (Wildman–Crippen LogP) is 3.74. The number of aliphatic hydroxyl groups excluding tert-OH is 1. The second-order valence-corrected chi connectivity index (χ2v) is 10.6. The molecule has 1 heterocycles. The van der Waals surface area contributed by atoms with Gasteiger partial charge >= 0.3 is 11.9 Å². The molecule has 0 aliphatic carbocycles. The summed E-state index contributed by atoms with van der Waals surface area (Å²) in [6, 6.07) is 18.9. The van der Waals surface area contributed by atoms with Crippen molar-refractivity contribution in [2.45, 2.75) is 84.5 Å². The first-order chi connectivity index (χ1) is 18.5. The number of ketones is 1. The molecule has 1 aliphatic heterocycles. The number of carbonyl (C=O) groups is 3. The number of Topliss-reactive ketones (excluding diaryl/α,β-unsaturated/α-hetero) is 1. The summed E-state index contributed by atoms with van der Waals surface area (Å²) in [4.78, 5) is 36.3. The average Bonchev–Trinajstić information content (AvgIpc) is 2.90. The molecule has 3 rings (SSSR count). The van der Waals surface area contributed by atoms with Crippen molar-refractivity contribution in [3.05, 3.63) is 71.8 Å². The molecular weight excluding hydrogens is 504 g/mol. The van der Waals surface area contributed by atoms with Crippen LogP contribution in [0.5, 0.6) is 0 Å².